The van der Waals surface area contributed by atoms with Gasteiger partial charge in [-0.25, -0.2) is 4.79 Å². The molecule has 0 aliphatic carbocycles. The highest BCUT2D eigenvalue weighted by Gasteiger charge is 2.12. The Balaban J connectivity index is 2.32. The molecule has 0 bridgehead atoms. The zero-order chi connectivity index (χ0) is 15.7. The third-order valence-corrected chi connectivity index (χ3v) is 3.71. The number of carbonyl (C=O) groups is 2. The van der Waals surface area contributed by atoms with Crippen molar-refractivity contribution in [3.63, 3.8) is 0 Å². The summed E-state index contributed by atoms with van der Waals surface area (Å²) in [6, 6.07) is 5.86. The maximum Gasteiger partial charge on any atom is 0.315 e. The van der Waals surface area contributed by atoms with Crippen LogP contribution in [0.5, 0.6) is 0 Å². The molecule has 0 unspecified atom stereocenters. The number of benzene rings is 1. The molecule has 7 heteroatoms. The predicted octanol–water partition coefficient (Wildman–Crippen LogP) is 1.05. The molecular weight excluding hydrogens is 312 g/mol. The van der Waals surface area contributed by atoms with E-state index in [1.54, 1.807) is 12.1 Å². The summed E-state index contributed by atoms with van der Waals surface area (Å²) in [4.78, 5) is 22.5. The van der Waals surface area contributed by atoms with Gasteiger partial charge in [0.05, 0.1) is 12.0 Å². The van der Waals surface area contributed by atoms with E-state index in [0.29, 0.717) is 30.2 Å². The van der Waals surface area contributed by atoms with Crippen LogP contribution in [0.25, 0.3) is 0 Å². The lowest BCUT2D eigenvalue weighted by Gasteiger charge is -2.19. The van der Waals surface area contributed by atoms with Crippen molar-refractivity contribution in [1.82, 2.24) is 10.6 Å². The number of thioether (sulfide) groups is 1. The first-order chi connectivity index (χ1) is 10.0. The number of carboxylic acids is 1. The van der Waals surface area contributed by atoms with Gasteiger partial charge in [-0.05, 0) is 42.5 Å². The van der Waals surface area contributed by atoms with Gasteiger partial charge in [0, 0.05) is 11.6 Å². The number of hydrogen-bond acceptors (Lipinski definition) is 4. The molecular formula is C14H18ClN2O3S-. The van der Waals surface area contributed by atoms with Gasteiger partial charge in [-0.3, -0.25) is 0 Å². The first-order valence-electron chi connectivity index (χ1n) is 6.51. The van der Waals surface area contributed by atoms with Crippen molar-refractivity contribution >= 4 is 35.4 Å². The van der Waals surface area contributed by atoms with E-state index in [2.05, 4.69) is 10.6 Å². The Morgan fingerprint density at radius 3 is 2.57 bits per heavy atom. The summed E-state index contributed by atoms with van der Waals surface area (Å²) in [5.74, 6) is -0.624. The fourth-order valence-corrected chi connectivity index (χ4v) is 2.26. The lowest BCUT2D eigenvalue weighted by Crippen LogP contribution is -2.51. The second-order valence-corrected chi connectivity index (χ2v) is 5.85. The first-order valence-corrected chi connectivity index (χ1v) is 8.28. The molecule has 0 fully saturated rings. The Labute approximate surface area is 133 Å². The molecule has 0 spiro atoms. The molecule has 0 saturated heterocycles. The van der Waals surface area contributed by atoms with E-state index < -0.39 is 18.0 Å². The number of amides is 2. The molecule has 1 aromatic rings. The second kappa shape index (κ2) is 9.52. The van der Waals surface area contributed by atoms with Crippen LogP contribution in [0.1, 0.15) is 12.0 Å². The Kier molecular flexibility index (Phi) is 8.00. The minimum Gasteiger partial charge on any atom is -0.548 e. The molecule has 0 aromatic heterocycles. The van der Waals surface area contributed by atoms with Crippen LogP contribution in [-0.4, -0.2) is 36.6 Å². The van der Waals surface area contributed by atoms with Gasteiger partial charge in [-0.15, -0.1) is 0 Å². The molecule has 0 radical (unpaired) electrons. The van der Waals surface area contributed by atoms with Gasteiger partial charge in [-0.1, -0.05) is 23.7 Å². The largest absolute Gasteiger partial charge is 0.548 e. The minimum absolute atomic E-state index is 0.341. The molecule has 0 saturated carbocycles. The van der Waals surface area contributed by atoms with Crippen LogP contribution in [-0.2, 0) is 11.2 Å². The van der Waals surface area contributed by atoms with Crippen molar-refractivity contribution in [2.45, 2.75) is 18.9 Å². The minimum atomic E-state index is -1.27. The normalized spacial score (nSPS) is 11.7. The fraction of sp³-hybridized carbons (Fsp3) is 0.429. The highest BCUT2D eigenvalue weighted by atomic mass is 35.5. The van der Waals surface area contributed by atoms with Crippen LogP contribution in [0.4, 0.5) is 4.79 Å². The van der Waals surface area contributed by atoms with Crippen LogP contribution in [0, 0.1) is 0 Å². The molecule has 1 aromatic carbocycles. The summed E-state index contributed by atoms with van der Waals surface area (Å²) in [5, 5.41) is 16.6. The van der Waals surface area contributed by atoms with E-state index >= 15 is 0 Å². The molecule has 0 aliphatic heterocycles. The van der Waals surface area contributed by atoms with Crippen molar-refractivity contribution in [3.8, 4) is 0 Å². The van der Waals surface area contributed by atoms with Crippen LogP contribution < -0.4 is 15.7 Å². The quantitative estimate of drug-likeness (QED) is 0.747. The second-order valence-electron chi connectivity index (χ2n) is 4.43. The summed E-state index contributed by atoms with van der Waals surface area (Å²) in [5.41, 5.74) is 1.04. The van der Waals surface area contributed by atoms with Gasteiger partial charge in [0.1, 0.15) is 0 Å². The Morgan fingerprint density at radius 2 is 2.00 bits per heavy atom. The smallest absolute Gasteiger partial charge is 0.315 e. The summed E-state index contributed by atoms with van der Waals surface area (Å²) in [7, 11) is 0. The zero-order valence-corrected chi connectivity index (χ0v) is 13.3. The average molecular weight is 330 g/mol. The van der Waals surface area contributed by atoms with E-state index in [1.807, 2.05) is 18.4 Å². The summed E-state index contributed by atoms with van der Waals surface area (Å²) in [6.07, 6.45) is 2.86. The van der Waals surface area contributed by atoms with E-state index in [1.165, 1.54) is 11.8 Å². The number of halogens is 1. The monoisotopic (exact) mass is 329 g/mol. The number of nitrogens with one attached hydrogen (secondary N) is 2. The number of carboxylic acid groups (broad SMARTS) is 1. The average Bonchev–Trinajstić information content (AvgIpc) is 2.45. The van der Waals surface area contributed by atoms with E-state index in [-0.39, 0.29) is 0 Å². The third-order valence-electron chi connectivity index (χ3n) is 2.81. The Hall–Kier alpha value is -1.40. The number of carbonyl (C=O) groups excluding carboxylic acids is 2. The molecule has 5 nitrogen and oxygen atoms in total. The molecule has 2 amide bonds. The highest BCUT2D eigenvalue weighted by Crippen LogP contribution is 2.09. The predicted molar refractivity (Wildman–Crippen MR) is 83.5 cm³/mol. The van der Waals surface area contributed by atoms with Gasteiger partial charge < -0.3 is 20.5 Å². The van der Waals surface area contributed by atoms with Gasteiger partial charge >= 0.3 is 6.03 Å². The number of rotatable bonds is 8. The Morgan fingerprint density at radius 1 is 1.33 bits per heavy atom. The van der Waals surface area contributed by atoms with Gasteiger partial charge in [0.25, 0.3) is 0 Å². The summed E-state index contributed by atoms with van der Waals surface area (Å²) < 4.78 is 0. The van der Waals surface area contributed by atoms with Gasteiger partial charge in [0.15, 0.2) is 0 Å². The van der Waals surface area contributed by atoms with Crippen molar-refractivity contribution in [3.05, 3.63) is 34.9 Å². The van der Waals surface area contributed by atoms with E-state index in [0.717, 1.165) is 5.56 Å². The zero-order valence-electron chi connectivity index (χ0n) is 11.7. The van der Waals surface area contributed by atoms with E-state index in [9.17, 15) is 14.7 Å². The van der Waals surface area contributed by atoms with Gasteiger partial charge in [0.2, 0.25) is 0 Å². The molecule has 0 aliphatic rings. The maximum absolute atomic E-state index is 11.6. The topological polar surface area (TPSA) is 81.3 Å². The van der Waals surface area contributed by atoms with Crippen molar-refractivity contribution in [2.75, 3.05) is 18.6 Å². The molecule has 2 N–H and O–H groups in total. The molecule has 0 heterocycles. The molecule has 1 rings (SSSR count). The van der Waals surface area contributed by atoms with E-state index in [4.69, 9.17) is 11.6 Å². The molecule has 1 atom stereocenters. The van der Waals surface area contributed by atoms with Crippen molar-refractivity contribution < 1.29 is 14.7 Å². The fourth-order valence-electron chi connectivity index (χ4n) is 1.67. The standard InChI is InChI=1S/C14H19ClN2O3S/c1-21-9-7-12(13(18)19)17-14(20)16-8-6-10-2-4-11(15)5-3-10/h2-5,12H,6-9H2,1H3,(H,18,19)(H2,16,17,20)/p-1/t12-/m0/s1. The van der Waals surface area contributed by atoms with Crippen LogP contribution in [0.3, 0.4) is 0 Å². The highest BCUT2D eigenvalue weighted by molar-refractivity contribution is 7.98. The SMILES string of the molecule is CSCC[C@H](NC(=O)NCCc1ccc(Cl)cc1)C(=O)[O-]. The number of hydrogen-bond donors (Lipinski definition) is 2. The lowest BCUT2D eigenvalue weighted by atomic mass is 10.1. The number of urea groups is 1. The Bertz CT molecular complexity index is 468. The first kappa shape index (κ1) is 17.7. The molecule has 116 valence electrons. The maximum atomic E-state index is 11.6. The number of aliphatic carboxylic acids is 1. The van der Waals surface area contributed by atoms with Crippen LogP contribution >= 0.6 is 23.4 Å². The van der Waals surface area contributed by atoms with Crippen molar-refractivity contribution in [1.29, 1.82) is 0 Å². The summed E-state index contributed by atoms with van der Waals surface area (Å²) in [6.45, 7) is 0.412. The van der Waals surface area contributed by atoms with Gasteiger partial charge in [-0.2, -0.15) is 11.8 Å². The summed E-state index contributed by atoms with van der Waals surface area (Å²) >= 11 is 7.30. The molecule has 21 heavy (non-hydrogen) atoms. The van der Waals surface area contributed by atoms with Crippen molar-refractivity contribution in [2.24, 2.45) is 0 Å². The third kappa shape index (κ3) is 7.24. The lowest BCUT2D eigenvalue weighted by molar-refractivity contribution is -0.308. The van der Waals surface area contributed by atoms with Crippen LogP contribution in [0.15, 0.2) is 24.3 Å². The van der Waals surface area contributed by atoms with Crippen LogP contribution in [0.2, 0.25) is 5.02 Å².